The van der Waals surface area contributed by atoms with Gasteiger partial charge in [-0.05, 0) is 43.2 Å². The number of aliphatic hydroxyl groups excluding tert-OH is 1. The second-order valence-corrected chi connectivity index (χ2v) is 8.21. The third-order valence-corrected chi connectivity index (χ3v) is 5.85. The van der Waals surface area contributed by atoms with E-state index in [1.54, 1.807) is 46.2 Å². The second-order valence-electron chi connectivity index (χ2n) is 8.21. The first-order valence-corrected chi connectivity index (χ1v) is 9.95. The third-order valence-electron chi connectivity index (χ3n) is 5.85. The van der Waals surface area contributed by atoms with Gasteiger partial charge in [0.1, 0.15) is 18.1 Å². The van der Waals surface area contributed by atoms with Gasteiger partial charge >= 0.3 is 0 Å². The number of furan rings is 1. The molecule has 0 aliphatic carbocycles. The fraction of sp³-hybridized carbons (Fsp3) is 0.455. The van der Waals surface area contributed by atoms with E-state index < -0.39 is 24.3 Å². The molecule has 0 radical (unpaired) electrons. The summed E-state index contributed by atoms with van der Waals surface area (Å²) in [6.07, 6.45) is 0.526. The molecule has 1 amide bonds. The molecule has 8 heteroatoms. The monoisotopic (exact) mass is 415 g/mol. The third kappa shape index (κ3) is 3.95. The van der Waals surface area contributed by atoms with Gasteiger partial charge in [-0.25, -0.2) is 8.78 Å². The van der Waals surface area contributed by atoms with Crippen LogP contribution in [0.25, 0.3) is 0 Å². The molecule has 4 rings (SSSR count). The Kier molecular flexibility index (Phi) is 5.35. The maximum atomic E-state index is 14.8. The van der Waals surface area contributed by atoms with Crippen molar-refractivity contribution in [3.63, 3.8) is 0 Å². The van der Waals surface area contributed by atoms with Gasteiger partial charge in [-0.3, -0.25) is 9.69 Å². The van der Waals surface area contributed by atoms with Crippen molar-refractivity contribution < 1.29 is 23.1 Å². The highest BCUT2D eigenvalue weighted by atomic mass is 19.3. The lowest BCUT2D eigenvalue weighted by molar-refractivity contribution is -0.155. The van der Waals surface area contributed by atoms with E-state index in [4.69, 9.17) is 14.8 Å². The SMILES string of the molecule is N#Cc1cccc(N2CCC[C@@]3(CN(Cc4ccc(CO)o4)CC(F)(F)C3)C2=O)c1. The van der Waals surface area contributed by atoms with Crippen molar-refractivity contribution in [1.82, 2.24) is 4.90 Å². The van der Waals surface area contributed by atoms with E-state index >= 15 is 0 Å². The van der Waals surface area contributed by atoms with E-state index in [1.807, 2.05) is 0 Å². The fourth-order valence-electron chi connectivity index (χ4n) is 4.71. The summed E-state index contributed by atoms with van der Waals surface area (Å²) in [4.78, 5) is 16.6. The van der Waals surface area contributed by atoms with Crippen molar-refractivity contribution in [3.8, 4) is 6.07 Å². The molecule has 2 aliphatic heterocycles. The molecule has 0 unspecified atom stereocenters. The predicted molar refractivity (Wildman–Crippen MR) is 105 cm³/mol. The lowest BCUT2D eigenvalue weighted by Gasteiger charge is -2.49. The highest BCUT2D eigenvalue weighted by Gasteiger charge is 2.55. The quantitative estimate of drug-likeness (QED) is 0.829. The maximum Gasteiger partial charge on any atom is 0.261 e. The molecular weight excluding hydrogens is 392 g/mol. The average molecular weight is 415 g/mol. The molecule has 6 nitrogen and oxygen atoms in total. The van der Waals surface area contributed by atoms with Gasteiger partial charge in [0.05, 0.1) is 30.1 Å². The molecule has 3 heterocycles. The number of amides is 1. The number of likely N-dealkylation sites (tertiary alicyclic amines) is 1. The number of nitrogens with zero attached hydrogens (tertiary/aromatic N) is 3. The number of hydrogen-bond acceptors (Lipinski definition) is 5. The smallest absolute Gasteiger partial charge is 0.261 e. The van der Waals surface area contributed by atoms with Crippen LogP contribution >= 0.6 is 0 Å². The van der Waals surface area contributed by atoms with Crippen molar-refractivity contribution in [2.75, 3.05) is 24.5 Å². The van der Waals surface area contributed by atoms with Gasteiger partial charge in [0, 0.05) is 25.2 Å². The minimum absolute atomic E-state index is 0.147. The molecule has 2 aliphatic rings. The van der Waals surface area contributed by atoms with Crippen LogP contribution in [0.2, 0.25) is 0 Å². The first kappa shape index (κ1) is 20.5. The number of halogens is 2. The number of hydrogen-bond donors (Lipinski definition) is 1. The number of benzene rings is 1. The minimum atomic E-state index is -3.00. The highest BCUT2D eigenvalue weighted by Crippen LogP contribution is 2.46. The Bertz CT molecular complexity index is 984. The zero-order chi connectivity index (χ0) is 21.4. The summed E-state index contributed by atoms with van der Waals surface area (Å²) in [5.74, 6) is -2.46. The molecule has 1 atom stereocenters. The van der Waals surface area contributed by atoms with Crippen molar-refractivity contribution in [2.45, 2.75) is 38.3 Å². The first-order valence-electron chi connectivity index (χ1n) is 9.95. The molecule has 30 heavy (non-hydrogen) atoms. The fourth-order valence-corrected chi connectivity index (χ4v) is 4.71. The topological polar surface area (TPSA) is 80.7 Å². The van der Waals surface area contributed by atoms with Crippen LogP contribution in [-0.2, 0) is 17.9 Å². The first-order chi connectivity index (χ1) is 14.3. The summed E-state index contributed by atoms with van der Waals surface area (Å²) in [5, 5.41) is 18.3. The summed E-state index contributed by atoms with van der Waals surface area (Å²) in [6, 6.07) is 12.0. The molecule has 0 saturated carbocycles. The summed E-state index contributed by atoms with van der Waals surface area (Å²) < 4.78 is 35.0. The second kappa shape index (κ2) is 7.82. The summed E-state index contributed by atoms with van der Waals surface area (Å²) >= 11 is 0. The Labute approximate surface area is 173 Å². The average Bonchev–Trinajstić information content (AvgIpc) is 3.16. The number of rotatable bonds is 4. The molecule has 1 N–H and O–H groups in total. The van der Waals surface area contributed by atoms with Crippen molar-refractivity contribution in [2.24, 2.45) is 5.41 Å². The van der Waals surface area contributed by atoms with Gasteiger partial charge in [0.25, 0.3) is 5.92 Å². The van der Waals surface area contributed by atoms with Crippen LogP contribution in [0.5, 0.6) is 0 Å². The van der Waals surface area contributed by atoms with Crippen LogP contribution in [0, 0.1) is 16.7 Å². The van der Waals surface area contributed by atoms with E-state index in [0.29, 0.717) is 42.2 Å². The molecule has 158 valence electrons. The predicted octanol–water partition coefficient (Wildman–Crippen LogP) is 3.30. The number of piperidine rings is 2. The summed E-state index contributed by atoms with van der Waals surface area (Å²) in [7, 11) is 0. The Morgan fingerprint density at radius 3 is 2.73 bits per heavy atom. The normalized spacial score (nSPS) is 24.2. The molecule has 1 aromatic carbocycles. The Morgan fingerprint density at radius 1 is 1.20 bits per heavy atom. The van der Waals surface area contributed by atoms with Crippen molar-refractivity contribution >= 4 is 11.6 Å². The van der Waals surface area contributed by atoms with Gasteiger partial charge in [0.2, 0.25) is 5.91 Å². The van der Waals surface area contributed by atoms with Gasteiger partial charge in [-0.2, -0.15) is 5.26 Å². The Hall–Kier alpha value is -2.76. The molecule has 2 fully saturated rings. The van der Waals surface area contributed by atoms with Crippen LogP contribution in [0.4, 0.5) is 14.5 Å². The van der Waals surface area contributed by atoms with Crippen LogP contribution in [-0.4, -0.2) is 41.5 Å². The van der Waals surface area contributed by atoms with Crippen LogP contribution in [0.1, 0.15) is 36.3 Å². The largest absolute Gasteiger partial charge is 0.462 e. The molecule has 2 aromatic rings. The van der Waals surface area contributed by atoms with Gasteiger partial charge in [-0.15, -0.1) is 0 Å². The number of carbonyl (C=O) groups is 1. The van der Waals surface area contributed by atoms with E-state index in [2.05, 4.69) is 6.07 Å². The van der Waals surface area contributed by atoms with E-state index in [9.17, 15) is 13.6 Å². The summed E-state index contributed by atoms with van der Waals surface area (Å²) in [5.41, 5.74) is -0.195. The standard InChI is InChI=1S/C22H23F2N3O3/c23-22(24)13-21(14-26(15-22)11-18-5-6-19(12-28)30-18)7-2-8-27(20(21)29)17-4-1-3-16(9-17)10-25/h1,3-6,9,28H,2,7-8,11-15H2/t21-/m1/s1. The molecule has 1 aromatic heterocycles. The molecule has 2 saturated heterocycles. The summed E-state index contributed by atoms with van der Waals surface area (Å²) in [6.45, 7) is 0.106. The molecular formula is C22H23F2N3O3. The Balaban J connectivity index is 1.60. The Morgan fingerprint density at radius 2 is 2.00 bits per heavy atom. The molecule has 1 spiro atoms. The van der Waals surface area contributed by atoms with E-state index in [-0.39, 0.29) is 25.6 Å². The van der Waals surface area contributed by atoms with Crippen molar-refractivity contribution in [1.29, 1.82) is 5.26 Å². The zero-order valence-corrected chi connectivity index (χ0v) is 16.5. The van der Waals surface area contributed by atoms with E-state index in [1.165, 1.54) is 0 Å². The zero-order valence-electron chi connectivity index (χ0n) is 16.5. The lowest BCUT2D eigenvalue weighted by atomic mass is 9.71. The maximum absolute atomic E-state index is 14.8. The number of nitriles is 1. The van der Waals surface area contributed by atoms with Crippen molar-refractivity contribution in [3.05, 3.63) is 53.5 Å². The van der Waals surface area contributed by atoms with Gasteiger partial charge < -0.3 is 14.4 Å². The lowest BCUT2D eigenvalue weighted by Crippen LogP contribution is -2.61. The van der Waals surface area contributed by atoms with Crippen LogP contribution < -0.4 is 4.90 Å². The number of aliphatic hydroxyl groups is 1. The number of alkyl halides is 2. The molecule has 0 bridgehead atoms. The van der Waals surface area contributed by atoms with Crippen LogP contribution in [0.15, 0.2) is 40.8 Å². The van der Waals surface area contributed by atoms with Gasteiger partial charge in [0.15, 0.2) is 0 Å². The number of anilines is 1. The van der Waals surface area contributed by atoms with E-state index in [0.717, 1.165) is 0 Å². The minimum Gasteiger partial charge on any atom is -0.462 e. The number of carbonyl (C=O) groups excluding carboxylic acids is 1. The highest BCUT2D eigenvalue weighted by molar-refractivity contribution is 5.98. The van der Waals surface area contributed by atoms with Gasteiger partial charge in [-0.1, -0.05) is 6.07 Å². The van der Waals surface area contributed by atoms with Crippen LogP contribution in [0.3, 0.4) is 0 Å².